The highest BCUT2D eigenvalue weighted by Gasteiger charge is 2.00. The number of nitrogens with one attached hydrogen (secondary N) is 1. The van der Waals surface area contributed by atoms with Crippen molar-refractivity contribution in [2.45, 2.75) is 6.61 Å². The molecule has 0 spiro atoms. The number of hydrogen-bond donors (Lipinski definition) is 2. The summed E-state index contributed by atoms with van der Waals surface area (Å²) in [6.07, 6.45) is -0.498. The number of carbonyl (C=O) groups is 1. The van der Waals surface area contributed by atoms with Gasteiger partial charge in [-0.1, -0.05) is 58.1 Å². The van der Waals surface area contributed by atoms with Crippen molar-refractivity contribution in [1.29, 1.82) is 0 Å². The minimum absolute atomic E-state index is 0.198. The van der Waals surface area contributed by atoms with Gasteiger partial charge in [0.25, 0.3) is 0 Å². The van der Waals surface area contributed by atoms with E-state index in [0.29, 0.717) is 5.69 Å². The van der Waals surface area contributed by atoms with E-state index >= 15 is 0 Å². The molecule has 2 aromatic rings. The van der Waals surface area contributed by atoms with Crippen LogP contribution in [0, 0.1) is 11.8 Å². The van der Waals surface area contributed by atoms with Gasteiger partial charge in [-0.05, 0) is 23.8 Å². The number of alkyl carbamates (subject to hydrolysis) is 1. The lowest BCUT2D eigenvalue weighted by molar-refractivity contribution is 0.141. The van der Waals surface area contributed by atoms with Crippen molar-refractivity contribution in [2.75, 3.05) is 12.3 Å². The highest BCUT2D eigenvalue weighted by Crippen LogP contribution is 2.17. The summed E-state index contributed by atoms with van der Waals surface area (Å²) < 4.78 is 5.97. The van der Waals surface area contributed by atoms with Gasteiger partial charge in [-0.25, -0.2) is 4.79 Å². The van der Waals surface area contributed by atoms with E-state index in [9.17, 15) is 4.79 Å². The number of ether oxygens (including phenoxy) is 1. The van der Waals surface area contributed by atoms with E-state index in [1.54, 1.807) is 6.07 Å². The molecule has 0 radical (unpaired) electrons. The lowest BCUT2D eigenvalue weighted by Gasteiger charge is -2.04. The van der Waals surface area contributed by atoms with E-state index in [4.69, 9.17) is 10.5 Å². The Bertz CT molecular complexity index is 706. The summed E-state index contributed by atoms with van der Waals surface area (Å²) in [6, 6.07) is 14.9. The van der Waals surface area contributed by atoms with E-state index in [1.165, 1.54) is 0 Å². The molecule has 0 fully saturated rings. The Kier molecular flexibility index (Phi) is 5.87. The zero-order chi connectivity index (χ0) is 15.8. The van der Waals surface area contributed by atoms with Crippen LogP contribution in [-0.2, 0) is 11.3 Å². The van der Waals surface area contributed by atoms with Crippen LogP contribution in [0.3, 0.4) is 0 Å². The van der Waals surface area contributed by atoms with Crippen molar-refractivity contribution in [3.05, 3.63) is 64.1 Å². The lowest BCUT2D eigenvalue weighted by Crippen LogP contribution is -2.24. The Morgan fingerprint density at radius 3 is 2.73 bits per heavy atom. The number of amides is 1. The van der Waals surface area contributed by atoms with Gasteiger partial charge in [0.15, 0.2) is 0 Å². The van der Waals surface area contributed by atoms with Gasteiger partial charge in [0.05, 0.1) is 6.54 Å². The minimum Gasteiger partial charge on any atom is -0.445 e. The topological polar surface area (TPSA) is 64.3 Å². The van der Waals surface area contributed by atoms with Crippen LogP contribution in [0.15, 0.2) is 53.0 Å². The van der Waals surface area contributed by atoms with Crippen molar-refractivity contribution in [3.63, 3.8) is 0 Å². The molecule has 0 aromatic heterocycles. The molecule has 2 rings (SSSR count). The van der Waals surface area contributed by atoms with Crippen molar-refractivity contribution in [3.8, 4) is 11.8 Å². The smallest absolute Gasteiger partial charge is 0.408 e. The molecule has 4 nitrogen and oxygen atoms in total. The van der Waals surface area contributed by atoms with Gasteiger partial charge in [-0.3, -0.25) is 0 Å². The fourth-order valence-corrected chi connectivity index (χ4v) is 2.06. The van der Waals surface area contributed by atoms with Crippen LogP contribution in [0.1, 0.15) is 11.1 Å². The first-order valence-electron chi connectivity index (χ1n) is 6.63. The SMILES string of the molecule is Nc1cc(Br)ccc1C#CCNC(=O)OCc1ccccc1. The first kappa shape index (κ1) is 15.9. The number of rotatable bonds is 3. The zero-order valence-corrected chi connectivity index (χ0v) is 13.4. The van der Waals surface area contributed by atoms with Crippen molar-refractivity contribution in [1.82, 2.24) is 5.32 Å². The van der Waals surface area contributed by atoms with E-state index in [1.807, 2.05) is 42.5 Å². The second-order valence-electron chi connectivity index (χ2n) is 4.45. The summed E-state index contributed by atoms with van der Waals surface area (Å²) in [5, 5.41) is 2.57. The first-order chi connectivity index (χ1) is 10.6. The second-order valence-corrected chi connectivity index (χ2v) is 5.36. The molecule has 0 aliphatic rings. The van der Waals surface area contributed by atoms with E-state index in [2.05, 4.69) is 33.1 Å². The number of nitrogen functional groups attached to an aromatic ring is 1. The molecular formula is C17H15BrN2O2. The number of benzene rings is 2. The van der Waals surface area contributed by atoms with Crippen molar-refractivity contribution < 1.29 is 9.53 Å². The Hall–Kier alpha value is -2.45. The molecule has 0 atom stereocenters. The highest BCUT2D eigenvalue weighted by molar-refractivity contribution is 9.10. The fraction of sp³-hybridized carbons (Fsp3) is 0.118. The summed E-state index contributed by atoms with van der Waals surface area (Å²) in [4.78, 5) is 11.5. The average Bonchev–Trinajstić information content (AvgIpc) is 2.52. The number of nitrogens with two attached hydrogens (primary N) is 1. The second kappa shape index (κ2) is 8.11. The maximum atomic E-state index is 11.5. The van der Waals surface area contributed by atoms with Gasteiger partial charge in [0.2, 0.25) is 0 Å². The summed E-state index contributed by atoms with van der Waals surface area (Å²) >= 11 is 3.33. The van der Waals surface area contributed by atoms with Crippen LogP contribution in [0.2, 0.25) is 0 Å². The van der Waals surface area contributed by atoms with Crippen LogP contribution < -0.4 is 11.1 Å². The quantitative estimate of drug-likeness (QED) is 0.653. The third-order valence-corrected chi connectivity index (χ3v) is 3.26. The number of halogens is 1. The molecule has 5 heteroatoms. The van der Waals surface area contributed by atoms with Crippen molar-refractivity contribution in [2.24, 2.45) is 0 Å². The molecule has 22 heavy (non-hydrogen) atoms. The third-order valence-electron chi connectivity index (χ3n) is 2.77. The summed E-state index contributed by atoms with van der Waals surface area (Å²) in [5.74, 6) is 5.74. The fourth-order valence-electron chi connectivity index (χ4n) is 1.68. The number of hydrogen-bond acceptors (Lipinski definition) is 3. The minimum atomic E-state index is -0.498. The standard InChI is InChI=1S/C17H15BrN2O2/c18-15-9-8-14(16(19)11-15)7-4-10-20-17(21)22-12-13-5-2-1-3-6-13/h1-3,5-6,8-9,11H,10,12,19H2,(H,20,21). The molecule has 0 bridgehead atoms. The monoisotopic (exact) mass is 358 g/mol. The van der Waals surface area contributed by atoms with Crippen LogP contribution >= 0.6 is 15.9 Å². The zero-order valence-electron chi connectivity index (χ0n) is 11.8. The van der Waals surface area contributed by atoms with Gasteiger partial charge in [-0.2, -0.15) is 0 Å². The molecule has 3 N–H and O–H groups in total. The van der Waals surface area contributed by atoms with Crippen LogP contribution in [-0.4, -0.2) is 12.6 Å². The molecule has 1 amide bonds. The average molecular weight is 359 g/mol. The third kappa shape index (κ3) is 5.15. The van der Waals surface area contributed by atoms with E-state index < -0.39 is 6.09 Å². The molecule has 0 aliphatic heterocycles. The first-order valence-corrected chi connectivity index (χ1v) is 7.43. The van der Waals surface area contributed by atoms with Gasteiger partial charge in [0.1, 0.15) is 6.61 Å². The maximum absolute atomic E-state index is 11.5. The molecule has 0 saturated heterocycles. The highest BCUT2D eigenvalue weighted by atomic mass is 79.9. The van der Waals surface area contributed by atoms with E-state index in [-0.39, 0.29) is 13.2 Å². The van der Waals surface area contributed by atoms with Crippen LogP contribution in [0.25, 0.3) is 0 Å². The predicted molar refractivity (Wildman–Crippen MR) is 90.1 cm³/mol. The summed E-state index contributed by atoms with van der Waals surface area (Å²) in [5.41, 5.74) is 8.08. The Balaban J connectivity index is 1.76. The normalized spacial score (nSPS) is 9.50. The predicted octanol–water partition coefficient (Wildman–Crippen LogP) is 3.31. The molecular weight excluding hydrogens is 344 g/mol. The number of carbonyl (C=O) groups excluding carboxylic acids is 1. The summed E-state index contributed by atoms with van der Waals surface area (Å²) in [6.45, 7) is 0.433. The maximum Gasteiger partial charge on any atom is 0.408 e. The molecule has 2 aromatic carbocycles. The Morgan fingerprint density at radius 2 is 2.00 bits per heavy atom. The van der Waals surface area contributed by atoms with Gasteiger partial charge in [-0.15, -0.1) is 0 Å². The van der Waals surface area contributed by atoms with Gasteiger partial charge < -0.3 is 15.8 Å². The van der Waals surface area contributed by atoms with Gasteiger partial charge in [0, 0.05) is 15.7 Å². The summed E-state index contributed by atoms with van der Waals surface area (Å²) in [7, 11) is 0. The van der Waals surface area contributed by atoms with Crippen LogP contribution in [0.4, 0.5) is 10.5 Å². The Morgan fingerprint density at radius 1 is 1.23 bits per heavy atom. The molecule has 0 heterocycles. The van der Waals surface area contributed by atoms with E-state index in [0.717, 1.165) is 15.6 Å². The number of anilines is 1. The molecule has 0 unspecified atom stereocenters. The largest absolute Gasteiger partial charge is 0.445 e. The van der Waals surface area contributed by atoms with Crippen molar-refractivity contribution >= 4 is 27.7 Å². The molecule has 0 saturated carbocycles. The van der Waals surface area contributed by atoms with Gasteiger partial charge >= 0.3 is 6.09 Å². The molecule has 112 valence electrons. The van der Waals surface area contributed by atoms with Crippen LogP contribution in [0.5, 0.6) is 0 Å². The lowest BCUT2D eigenvalue weighted by atomic mass is 10.2. The Labute approximate surface area is 137 Å². The molecule has 0 aliphatic carbocycles.